The lowest BCUT2D eigenvalue weighted by molar-refractivity contribution is 0.0877. The van der Waals surface area contributed by atoms with Crippen molar-refractivity contribution in [2.45, 2.75) is 44.3 Å². The van der Waals surface area contributed by atoms with Crippen LogP contribution < -0.4 is 15.8 Å². The predicted molar refractivity (Wildman–Crippen MR) is 115 cm³/mol. The van der Waals surface area contributed by atoms with E-state index in [4.69, 9.17) is 10.5 Å². The Hall–Kier alpha value is -3.08. The van der Waals surface area contributed by atoms with Crippen LogP contribution in [0.5, 0.6) is 5.88 Å². The molecular weight excluding hydrogens is 488 g/mol. The number of hydrogen-bond acceptors (Lipinski definition) is 5. The normalized spacial score (nSPS) is 18.6. The van der Waals surface area contributed by atoms with E-state index in [1.165, 1.54) is 16.8 Å². The Labute approximate surface area is 190 Å². The van der Waals surface area contributed by atoms with Crippen molar-refractivity contribution in [2.24, 2.45) is 5.73 Å². The molecule has 4 rings (SSSR count). The molecule has 1 fully saturated rings. The first-order valence-electron chi connectivity index (χ1n) is 10.0. The molecule has 0 radical (unpaired) electrons. The number of nitrogens with one attached hydrogen (secondary N) is 1. The van der Waals surface area contributed by atoms with E-state index in [9.17, 15) is 18.4 Å². The summed E-state index contributed by atoms with van der Waals surface area (Å²) in [6.07, 6.45) is 2.48. The fourth-order valence-electron chi connectivity index (χ4n) is 3.81. The molecule has 8 nitrogen and oxygen atoms in total. The second-order valence-corrected chi connectivity index (χ2v) is 8.42. The van der Waals surface area contributed by atoms with E-state index in [1.807, 2.05) is 0 Å². The lowest BCUT2D eigenvalue weighted by Gasteiger charge is -2.29. The number of nitrogens with two attached hydrogens (primary N) is 1. The highest BCUT2D eigenvalue weighted by atomic mass is 79.9. The fourth-order valence-corrected chi connectivity index (χ4v) is 4.15. The minimum Gasteiger partial charge on any atom is -0.474 e. The van der Waals surface area contributed by atoms with Crippen LogP contribution in [0.25, 0.3) is 5.52 Å². The maximum absolute atomic E-state index is 13.4. The molecule has 0 unspecified atom stereocenters. The number of carbonyl (C=O) groups excluding carboxylic acids is 2. The monoisotopic (exact) mass is 507 g/mol. The third-order valence-electron chi connectivity index (χ3n) is 5.36. The third-order valence-corrected chi connectivity index (χ3v) is 5.83. The average molecular weight is 508 g/mol. The van der Waals surface area contributed by atoms with Gasteiger partial charge in [0.2, 0.25) is 5.88 Å². The van der Waals surface area contributed by atoms with Gasteiger partial charge in [0, 0.05) is 22.9 Å². The number of alkyl halides is 2. The number of ether oxygens (including phenoxy) is 1. The molecule has 32 heavy (non-hydrogen) atoms. The van der Waals surface area contributed by atoms with Crippen LogP contribution in [-0.4, -0.2) is 38.3 Å². The highest BCUT2D eigenvalue weighted by molar-refractivity contribution is 9.10. The number of rotatable bonds is 6. The average Bonchev–Trinajstić information content (AvgIpc) is 3.14. The number of aromatic nitrogens is 3. The van der Waals surface area contributed by atoms with Crippen LogP contribution in [-0.2, 0) is 0 Å². The zero-order chi connectivity index (χ0) is 22.8. The lowest BCUT2D eigenvalue weighted by atomic mass is 9.93. The van der Waals surface area contributed by atoms with E-state index < -0.39 is 24.1 Å². The summed E-state index contributed by atoms with van der Waals surface area (Å²) in [5.41, 5.74) is 5.85. The topological polar surface area (TPSA) is 112 Å². The summed E-state index contributed by atoms with van der Waals surface area (Å²) >= 11 is 3.25. The Balaban J connectivity index is 1.41. The molecule has 0 saturated heterocycles. The van der Waals surface area contributed by atoms with Crippen molar-refractivity contribution >= 4 is 33.3 Å². The molecule has 168 valence electrons. The van der Waals surface area contributed by atoms with Gasteiger partial charge in [0.05, 0.1) is 5.52 Å². The summed E-state index contributed by atoms with van der Waals surface area (Å²) in [7, 11) is 0. The van der Waals surface area contributed by atoms with Crippen molar-refractivity contribution < 1.29 is 23.1 Å². The Kier molecular flexibility index (Phi) is 6.35. The van der Waals surface area contributed by atoms with Crippen LogP contribution >= 0.6 is 15.9 Å². The van der Waals surface area contributed by atoms with Gasteiger partial charge >= 0.3 is 0 Å². The first kappa shape index (κ1) is 22.1. The van der Waals surface area contributed by atoms with Crippen LogP contribution in [0.2, 0.25) is 0 Å². The van der Waals surface area contributed by atoms with Crippen molar-refractivity contribution in [2.75, 3.05) is 0 Å². The van der Waals surface area contributed by atoms with Crippen LogP contribution in [0, 0.1) is 0 Å². The van der Waals surface area contributed by atoms with Gasteiger partial charge in [0.25, 0.3) is 18.2 Å². The predicted octanol–water partition coefficient (Wildman–Crippen LogP) is 3.65. The van der Waals surface area contributed by atoms with Gasteiger partial charge in [-0.25, -0.2) is 18.7 Å². The Morgan fingerprint density at radius 1 is 1.22 bits per heavy atom. The number of primary amides is 1. The van der Waals surface area contributed by atoms with Crippen LogP contribution in [0.4, 0.5) is 8.78 Å². The second-order valence-electron chi connectivity index (χ2n) is 7.51. The third kappa shape index (κ3) is 4.57. The number of hydrogen-bond donors (Lipinski definition) is 2. The van der Waals surface area contributed by atoms with E-state index >= 15 is 0 Å². The van der Waals surface area contributed by atoms with Gasteiger partial charge in [0.15, 0.2) is 11.5 Å². The first-order chi connectivity index (χ1) is 15.3. The first-order valence-corrected chi connectivity index (χ1v) is 10.8. The van der Waals surface area contributed by atoms with E-state index in [0.717, 1.165) is 0 Å². The summed E-state index contributed by atoms with van der Waals surface area (Å²) in [4.78, 5) is 32.3. The number of carbonyl (C=O) groups is 2. The smallest absolute Gasteiger partial charge is 0.295 e. The van der Waals surface area contributed by atoms with E-state index in [0.29, 0.717) is 35.7 Å². The van der Waals surface area contributed by atoms with E-state index in [-0.39, 0.29) is 29.3 Å². The number of halogens is 3. The molecule has 1 aliphatic rings. The summed E-state index contributed by atoms with van der Waals surface area (Å²) in [5, 5.41) is 2.89. The number of amides is 2. The molecule has 3 N–H and O–H groups in total. The van der Waals surface area contributed by atoms with Gasteiger partial charge in [-0.1, -0.05) is 0 Å². The molecule has 0 aromatic carbocycles. The molecule has 0 spiro atoms. The highest BCUT2D eigenvalue weighted by Gasteiger charge is 2.28. The molecule has 1 aliphatic carbocycles. The number of nitrogens with zero attached hydrogens (tertiary/aromatic N) is 3. The molecule has 0 atom stereocenters. The van der Waals surface area contributed by atoms with Gasteiger partial charge in [-0.2, -0.15) is 0 Å². The Bertz CT molecular complexity index is 1160. The summed E-state index contributed by atoms with van der Waals surface area (Å²) in [6.45, 7) is 0. The highest BCUT2D eigenvalue weighted by Crippen LogP contribution is 2.27. The SMILES string of the molecule is NC(=O)c1cccnc1OC1CCC(NC(=O)c2nc(C(F)F)n3cc(Br)ccc23)CC1. The fraction of sp³-hybridized carbons (Fsp3) is 0.333. The Morgan fingerprint density at radius 3 is 2.66 bits per heavy atom. The summed E-state index contributed by atoms with van der Waals surface area (Å²) < 4.78 is 34.4. The van der Waals surface area contributed by atoms with Crippen molar-refractivity contribution in [3.05, 3.63) is 58.2 Å². The zero-order valence-corrected chi connectivity index (χ0v) is 18.4. The molecular formula is C21H20BrF2N5O3. The van der Waals surface area contributed by atoms with Gasteiger partial charge in [0.1, 0.15) is 11.7 Å². The summed E-state index contributed by atoms with van der Waals surface area (Å²) in [5.74, 6) is -1.40. The van der Waals surface area contributed by atoms with Gasteiger partial charge in [-0.15, -0.1) is 0 Å². The molecule has 0 bridgehead atoms. The maximum atomic E-state index is 13.4. The van der Waals surface area contributed by atoms with Crippen LogP contribution in [0.3, 0.4) is 0 Å². The number of pyridine rings is 2. The summed E-state index contributed by atoms with van der Waals surface area (Å²) in [6, 6.07) is 6.26. The minimum atomic E-state index is -2.82. The minimum absolute atomic E-state index is 0.0363. The van der Waals surface area contributed by atoms with E-state index in [2.05, 4.69) is 31.2 Å². The molecule has 2 amide bonds. The molecule has 1 saturated carbocycles. The second kappa shape index (κ2) is 9.19. The van der Waals surface area contributed by atoms with Crippen molar-refractivity contribution in [3.63, 3.8) is 0 Å². The molecule has 11 heteroatoms. The van der Waals surface area contributed by atoms with Gasteiger partial charge < -0.3 is 15.8 Å². The molecule has 0 aliphatic heterocycles. The standard InChI is InChI=1S/C21H20BrF2N5O3/c22-11-3-8-15-16(28-19(17(23)24)29(15)10-11)20(31)27-12-4-6-13(7-5-12)32-21-14(18(25)30)2-1-9-26-21/h1-3,8-10,12-13,17H,4-7H2,(H2,25,30)(H,27,31). The van der Waals surface area contributed by atoms with E-state index in [1.54, 1.807) is 24.3 Å². The van der Waals surface area contributed by atoms with Crippen molar-refractivity contribution in [3.8, 4) is 5.88 Å². The quantitative estimate of drug-likeness (QED) is 0.528. The van der Waals surface area contributed by atoms with Gasteiger partial charge in [-0.05, 0) is 65.9 Å². The maximum Gasteiger partial charge on any atom is 0.295 e. The van der Waals surface area contributed by atoms with Crippen molar-refractivity contribution in [1.82, 2.24) is 19.7 Å². The largest absolute Gasteiger partial charge is 0.474 e. The zero-order valence-electron chi connectivity index (χ0n) is 16.8. The molecule has 3 aromatic rings. The Morgan fingerprint density at radius 2 is 1.97 bits per heavy atom. The number of fused-ring (bicyclic) bond motifs is 1. The number of imidazole rings is 1. The van der Waals surface area contributed by atoms with Crippen LogP contribution in [0.1, 0.15) is 58.8 Å². The van der Waals surface area contributed by atoms with Crippen molar-refractivity contribution in [1.29, 1.82) is 0 Å². The lowest BCUT2D eigenvalue weighted by Crippen LogP contribution is -2.40. The van der Waals surface area contributed by atoms with Gasteiger partial charge in [-0.3, -0.25) is 14.0 Å². The molecule has 3 aromatic heterocycles. The van der Waals surface area contributed by atoms with Crippen LogP contribution in [0.15, 0.2) is 41.1 Å². The molecule has 3 heterocycles.